The van der Waals surface area contributed by atoms with Gasteiger partial charge in [-0.05, 0) is 24.1 Å². The van der Waals surface area contributed by atoms with Gasteiger partial charge in [-0.25, -0.2) is 8.42 Å². The van der Waals surface area contributed by atoms with Crippen molar-refractivity contribution in [1.29, 1.82) is 0 Å². The fraction of sp³-hybridized carbons (Fsp3) is 0.421. The fourth-order valence-corrected chi connectivity index (χ4v) is 5.73. The topological polar surface area (TPSA) is 83.0 Å². The molecular formula is C19H27IN4O3S2. The molecule has 2 aromatic rings. The van der Waals surface area contributed by atoms with Gasteiger partial charge in [-0.2, -0.15) is 4.31 Å². The molecule has 1 aliphatic heterocycles. The summed E-state index contributed by atoms with van der Waals surface area (Å²) in [5.41, 5.74) is 1.27. The highest BCUT2D eigenvalue weighted by atomic mass is 127. The molecule has 1 aromatic carbocycles. The minimum absolute atomic E-state index is 0. The van der Waals surface area contributed by atoms with Crippen molar-refractivity contribution in [3.05, 3.63) is 52.9 Å². The van der Waals surface area contributed by atoms with Crippen molar-refractivity contribution >= 4 is 51.3 Å². The SMILES string of the molecule is CN=C(NCCc1ccccc1)NCc1ccc(S(=O)(=O)N2CCOCC2)s1.I. The number of guanidine groups is 1. The average Bonchev–Trinajstić information content (AvgIpc) is 3.22. The van der Waals surface area contributed by atoms with E-state index >= 15 is 0 Å². The van der Waals surface area contributed by atoms with Crippen LogP contribution in [0.4, 0.5) is 0 Å². The number of morpholine rings is 1. The van der Waals surface area contributed by atoms with E-state index < -0.39 is 10.0 Å². The van der Waals surface area contributed by atoms with Crippen LogP contribution in [0.3, 0.4) is 0 Å². The highest BCUT2D eigenvalue weighted by molar-refractivity contribution is 14.0. The number of nitrogens with one attached hydrogen (secondary N) is 2. The lowest BCUT2D eigenvalue weighted by Gasteiger charge is -2.25. The largest absolute Gasteiger partial charge is 0.379 e. The maximum absolute atomic E-state index is 12.7. The molecule has 2 N–H and O–H groups in total. The third kappa shape index (κ3) is 6.92. The summed E-state index contributed by atoms with van der Waals surface area (Å²) in [5, 5.41) is 6.52. The number of nitrogens with zero attached hydrogens (tertiary/aromatic N) is 2. The van der Waals surface area contributed by atoms with E-state index in [0.717, 1.165) is 17.8 Å². The lowest BCUT2D eigenvalue weighted by molar-refractivity contribution is 0.0731. The summed E-state index contributed by atoms with van der Waals surface area (Å²) in [6.45, 7) is 3.00. The lowest BCUT2D eigenvalue weighted by atomic mass is 10.1. The molecule has 7 nitrogen and oxygen atoms in total. The van der Waals surface area contributed by atoms with Gasteiger partial charge in [-0.1, -0.05) is 30.3 Å². The number of rotatable bonds is 7. The molecule has 0 aliphatic carbocycles. The highest BCUT2D eigenvalue weighted by Gasteiger charge is 2.27. The molecule has 1 aromatic heterocycles. The normalized spacial score (nSPS) is 15.6. The van der Waals surface area contributed by atoms with Crippen LogP contribution in [0, 0.1) is 0 Å². The Hall–Kier alpha value is -1.21. The van der Waals surface area contributed by atoms with Crippen LogP contribution in [0.5, 0.6) is 0 Å². The van der Waals surface area contributed by atoms with Crippen LogP contribution < -0.4 is 10.6 Å². The minimum Gasteiger partial charge on any atom is -0.379 e. The van der Waals surface area contributed by atoms with Gasteiger partial charge in [0, 0.05) is 31.6 Å². The van der Waals surface area contributed by atoms with Gasteiger partial charge >= 0.3 is 0 Å². The lowest BCUT2D eigenvalue weighted by Crippen LogP contribution is -2.40. The van der Waals surface area contributed by atoms with Crippen molar-refractivity contribution in [1.82, 2.24) is 14.9 Å². The Balaban J connectivity index is 0.00000300. The maximum Gasteiger partial charge on any atom is 0.252 e. The first-order chi connectivity index (χ1) is 13.6. The van der Waals surface area contributed by atoms with Crippen LogP contribution in [0.25, 0.3) is 0 Å². The van der Waals surface area contributed by atoms with Crippen LogP contribution in [-0.2, 0) is 27.7 Å². The minimum atomic E-state index is -3.43. The van der Waals surface area contributed by atoms with E-state index in [1.165, 1.54) is 21.2 Å². The number of benzene rings is 1. The molecule has 160 valence electrons. The first kappa shape index (κ1) is 24.1. The van der Waals surface area contributed by atoms with Crippen molar-refractivity contribution in [2.75, 3.05) is 39.9 Å². The summed E-state index contributed by atoms with van der Waals surface area (Å²) in [6, 6.07) is 13.8. The molecule has 0 unspecified atom stereocenters. The molecule has 1 aliphatic rings. The summed E-state index contributed by atoms with van der Waals surface area (Å²) in [6.07, 6.45) is 0.905. The zero-order chi connectivity index (χ0) is 19.8. The zero-order valence-electron chi connectivity index (χ0n) is 16.3. The standard InChI is InChI=1S/C19H26N4O3S2.HI/c1-20-19(21-10-9-16-5-3-2-4-6-16)22-15-17-7-8-18(27-17)28(24,25)23-11-13-26-14-12-23;/h2-8H,9-15H2,1H3,(H2,20,21,22);1H. The van der Waals surface area contributed by atoms with Crippen molar-refractivity contribution in [2.45, 2.75) is 17.2 Å². The molecule has 0 amide bonds. The maximum atomic E-state index is 12.7. The number of halogens is 1. The molecule has 0 saturated carbocycles. The van der Waals surface area contributed by atoms with E-state index in [1.54, 1.807) is 13.1 Å². The van der Waals surface area contributed by atoms with E-state index in [0.29, 0.717) is 43.0 Å². The summed E-state index contributed by atoms with van der Waals surface area (Å²) < 4.78 is 32.5. The van der Waals surface area contributed by atoms with E-state index in [1.807, 2.05) is 24.3 Å². The third-order valence-corrected chi connectivity index (χ3v) is 7.86. The first-order valence-electron chi connectivity index (χ1n) is 9.24. The van der Waals surface area contributed by atoms with Gasteiger partial charge in [-0.3, -0.25) is 4.99 Å². The zero-order valence-corrected chi connectivity index (χ0v) is 20.3. The molecule has 1 saturated heterocycles. The summed E-state index contributed by atoms with van der Waals surface area (Å²) in [4.78, 5) is 5.16. The predicted molar refractivity (Wildman–Crippen MR) is 128 cm³/mol. The van der Waals surface area contributed by atoms with E-state index in [4.69, 9.17) is 4.74 Å². The quantitative estimate of drug-likeness (QED) is 0.314. The summed E-state index contributed by atoms with van der Waals surface area (Å²) in [7, 11) is -1.71. The van der Waals surface area contributed by atoms with Crippen molar-refractivity contribution < 1.29 is 13.2 Å². The van der Waals surface area contributed by atoms with Crippen LogP contribution >= 0.6 is 35.3 Å². The highest BCUT2D eigenvalue weighted by Crippen LogP contribution is 2.25. The molecule has 29 heavy (non-hydrogen) atoms. The fourth-order valence-electron chi connectivity index (χ4n) is 2.87. The molecule has 2 heterocycles. The van der Waals surface area contributed by atoms with Gasteiger partial charge in [0.25, 0.3) is 10.0 Å². The molecule has 0 spiro atoms. The number of hydrogen-bond donors (Lipinski definition) is 2. The number of aliphatic imine (C=N–C) groups is 1. The molecule has 0 radical (unpaired) electrons. The second-order valence-electron chi connectivity index (χ2n) is 6.33. The molecular weight excluding hydrogens is 523 g/mol. The summed E-state index contributed by atoms with van der Waals surface area (Å²) >= 11 is 1.29. The molecule has 0 bridgehead atoms. The van der Waals surface area contributed by atoms with Crippen molar-refractivity contribution in [3.8, 4) is 0 Å². The number of thiophene rings is 1. The number of ether oxygens (including phenoxy) is 1. The Bertz CT molecular complexity index is 882. The molecule has 3 rings (SSSR count). The van der Waals surface area contributed by atoms with Crippen molar-refractivity contribution in [2.24, 2.45) is 4.99 Å². The number of sulfonamides is 1. The average molecular weight is 550 g/mol. The summed E-state index contributed by atoms with van der Waals surface area (Å²) in [5.74, 6) is 0.696. The monoisotopic (exact) mass is 550 g/mol. The van der Waals surface area contributed by atoms with Gasteiger partial charge in [0.15, 0.2) is 5.96 Å². The smallest absolute Gasteiger partial charge is 0.252 e. The van der Waals surface area contributed by atoms with Crippen LogP contribution in [0.15, 0.2) is 51.7 Å². The Morgan fingerprint density at radius 3 is 2.55 bits per heavy atom. The van der Waals surface area contributed by atoms with Crippen molar-refractivity contribution in [3.63, 3.8) is 0 Å². The van der Waals surface area contributed by atoms with Gasteiger partial charge in [-0.15, -0.1) is 35.3 Å². The van der Waals surface area contributed by atoms with Gasteiger partial charge in [0.1, 0.15) is 4.21 Å². The Morgan fingerprint density at radius 1 is 1.14 bits per heavy atom. The van der Waals surface area contributed by atoms with Gasteiger partial charge in [0.05, 0.1) is 19.8 Å². The second-order valence-corrected chi connectivity index (χ2v) is 9.66. The molecule has 10 heteroatoms. The van der Waals surface area contributed by atoms with E-state index in [9.17, 15) is 8.42 Å². The Labute approximate surface area is 193 Å². The molecule has 1 fully saturated rings. The molecule has 0 atom stereocenters. The Kier molecular flexibility index (Phi) is 9.83. The van der Waals surface area contributed by atoms with E-state index in [2.05, 4.69) is 27.8 Å². The predicted octanol–water partition coefficient (Wildman–Crippen LogP) is 2.29. The van der Waals surface area contributed by atoms with Crippen LogP contribution in [-0.4, -0.2) is 58.6 Å². The van der Waals surface area contributed by atoms with E-state index in [-0.39, 0.29) is 24.0 Å². The second kappa shape index (κ2) is 11.8. The third-order valence-electron chi connectivity index (χ3n) is 4.40. The Morgan fingerprint density at radius 2 is 1.86 bits per heavy atom. The van der Waals surface area contributed by atoms with Crippen LogP contribution in [0.2, 0.25) is 0 Å². The van der Waals surface area contributed by atoms with Gasteiger partial charge < -0.3 is 15.4 Å². The number of hydrogen-bond acceptors (Lipinski definition) is 5. The first-order valence-corrected chi connectivity index (χ1v) is 11.5. The van der Waals surface area contributed by atoms with Gasteiger partial charge in [0.2, 0.25) is 0 Å². The van der Waals surface area contributed by atoms with Crippen LogP contribution in [0.1, 0.15) is 10.4 Å².